The van der Waals surface area contributed by atoms with Crippen LogP contribution in [-0.2, 0) is 19.5 Å². The SMILES string of the molecule is CNS(=O)(=O)C1(OC)C=CC(OC)C(N)=C1. The Labute approximate surface area is 95.2 Å². The van der Waals surface area contributed by atoms with Crippen LogP contribution in [0.1, 0.15) is 0 Å². The van der Waals surface area contributed by atoms with Crippen molar-refractivity contribution in [3.63, 3.8) is 0 Å². The Hall–Kier alpha value is -0.890. The maximum Gasteiger partial charge on any atom is 0.249 e. The number of hydrogen-bond donors (Lipinski definition) is 2. The molecule has 0 fully saturated rings. The van der Waals surface area contributed by atoms with E-state index in [1.807, 2.05) is 0 Å². The van der Waals surface area contributed by atoms with E-state index in [4.69, 9.17) is 15.2 Å². The van der Waals surface area contributed by atoms with Crippen LogP contribution in [-0.4, -0.2) is 40.7 Å². The summed E-state index contributed by atoms with van der Waals surface area (Å²) in [6.07, 6.45) is 3.86. The maximum atomic E-state index is 11.8. The zero-order valence-corrected chi connectivity index (χ0v) is 10.2. The average Bonchev–Trinajstić information content (AvgIpc) is 2.28. The van der Waals surface area contributed by atoms with Crippen LogP contribution in [0.2, 0.25) is 0 Å². The summed E-state index contributed by atoms with van der Waals surface area (Å²) in [6.45, 7) is 0. The van der Waals surface area contributed by atoms with Gasteiger partial charge in [-0.3, -0.25) is 0 Å². The van der Waals surface area contributed by atoms with Crippen LogP contribution in [0.4, 0.5) is 0 Å². The van der Waals surface area contributed by atoms with Crippen molar-refractivity contribution < 1.29 is 17.9 Å². The van der Waals surface area contributed by atoms with Gasteiger partial charge < -0.3 is 15.2 Å². The molecule has 0 saturated heterocycles. The number of nitrogens with one attached hydrogen (secondary N) is 1. The second-order valence-electron chi connectivity index (χ2n) is 3.29. The molecule has 6 nitrogen and oxygen atoms in total. The molecular weight excluding hydrogens is 232 g/mol. The van der Waals surface area contributed by atoms with E-state index in [1.54, 1.807) is 6.08 Å². The summed E-state index contributed by atoms with van der Waals surface area (Å²) in [5.74, 6) is 0. The van der Waals surface area contributed by atoms with E-state index < -0.39 is 21.1 Å². The third-order valence-corrected chi connectivity index (χ3v) is 4.26. The van der Waals surface area contributed by atoms with Crippen LogP contribution in [0.5, 0.6) is 0 Å². The first-order valence-corrected chi connectivity index (χ1v) is 6.09. The molecule has 0 heterocycles. The molecule has 2 unspecified atom stereocenters. The smallest absolute Gasteiger partial charge is 0.249 e. The number of nitrogens with two attached hydrogens (primary N) is 1. The number of ether oxygens (including phenoxy) is 2. The lowest BCUT2D eigenvalue weighted by Crippen LogP contribution is -2.46. The Morgan fingerprint density at radius 3 is 2.50 bits per heavy atom. The van der Waals surface area contributed by atoms with Gasteiger partial charge in [-0.2, -0.15) is 0 Å². The molecule has 1 aliphatic rings. The van der Waals surface area contributed by atoms with Gasteiger partial charge in [-0.15, -0.1) is 0 Å². The number of rotatable bonds is 4. The summed E-state index contributed by atoms with van der Waals surface area (Å²) >= 11 is 0. The maximum absolute atomic E-state index is 11.8. The summed E-state index contributed by atoms with van der Waals surface area (Å²) in [6, 6.07) is 0. The predicted octanol–water partition coefficient (Wildman–Crippen LogP) is -0.694. The molecule has 0 aromatic rings. The van der Waals surface area contributed by atoms with Gasteiger partial charge in [0.2, 0.25) is 15.0 Å². The monoisotopic (exact) mass is 248 g/mol. The van der Waals surface area contributed by atoms with Gasteiger partial charge in [-0.25, -0.2) is 13.1 Å². The molecule has 0 aromatic carbocycles. The first kappa shape index (κ1) is 13.2. The van der Waals surface area contributed by atoms with Gasteiger partial charge in [-0.1, -0.05) is 0 Å². The first-order chi connectivity index (χ1) is 7.42. The third kappa shape index (κ3) is 1.99. The molecule has 0 aromatic heterocycles. The zero-order chi connectivity index (χ0) is 12.4. The lowest BCUT2D eigenvalue weighted by atomic mass is 10.1. The Morgan fingerprint density at radius 1 is 1.50 bits per heavy atom. The molecule has 0 bridgehead atoms. The van der Waals surface area contributed by atoms with Crippen molar-refractivity contribution in [2.24, 2.45) is 5.73 Å². The fraction of sp³-hybridized carbons (Fsp3) is 0.556. The highest BCUT2D eigenvalue weighted by atomic mass is 32.2. The normalized spacial score (nSPS) is 30.2. The Balaban J connectivity index is 3.21. The molecule has 0 saturated carbocycles. The topological polar surface area (TPSA) is 90.7 Å². The lowest BCUT2D eigenvalue weighted by molar-refractivity contribution is 0.122. The highest BCUT2D eigenvalue weighted by molar-refractivity contribution is 7.91. The highest BCUT2D eigenvalue weighted by Crippen LogP contribution is 2.27. The van der Waals surface area contributed by atoms with E-state index >= 15 is 0 Å². The summed E-state index contributed by atoms with van der Waals surface area (Å²) in [4.78, 5) is -1.57. The number of sulfonamides is 1. The molecule has 3 N–H and O–H groups in total. The number of methoxy groups -OCH3 is 2. The largest absolute Gasteiger partial charge is 0.400 e. The molecule has 0 spiro atoms. The van der Waals surface area contributed by atoms with Gasteiger partial charge in [-0.05, 0) is 25.3 Å². The molecule has 1 rings (SSSR count). The molecular formula is C9H16N2O4S. The van der Waals surface area contributed by atoms with E-state index in [0.29, 0.717) is 5.70 Å². The van der Waals surface area contributed by atoms with Crippen LogP contribution in [0.15, 0.2) is 23.9 Å². The second kappa shape index (κ2) is 4.54. The molecule has 0 radical (unpaired) electrons. The minimum Gasteiger partial charge on any atom is -0.400 e. The van der Waals surface area contributed by atoms with Gasteiger partial charge in [0.25, 0.3) is 0 Å². The molecule has 2 atom stereocenters. The van der Waals surface area contributed by atoms with E-state index in [0.717, 1.165) is 0 Å². The fourth-order valence-electron chi connectivity index (χ4n) is 1.47. The predicted molar refractivity (Wildman–Crippen MR) is 59.9 cm³/mol. The van der Waals surface area contributed by atoms with Crippen molar-refractivity contribution in [3.05, 3.63) is 23.9 Å². The van der Waals surface area contributed by atoms with Crippen molar-refractivity contribution in [3.8, 4) is 0 Å². The summed E-state index contributed by atoms with van der Waals surface area (Å²) in [5.41, 5.74) is 6.00. The van der Waals surface area contributed by atoms with Gasteiger partial charge in [0.1, 0.15) is 6.10 Å². The Bertz CT molecular complexity index is 415. The van der Waals surface area contributed by atoms with E-state index in [1.165, 1.54) is 33.4 Å². The van der Waals surface area contributed by atoms with Crippen LogP contribution in [0.25, 0.3) is 0 Å². The molecule has 1 aliphatic carbocycles. The summed E-state index contributed by atoms with van der Waals surface area (Å²) < 4.78 is 35.9. The second-order valence-corrected chi connectivity index (χ2v) is 5.35. The molecule has 92 valence electrons. The number of hydrogen-bond acceptors (Lipinski definition) is 5. The van der Waals surface area contributed by atoms with Crippen molar-refractivity contribution in [1.82, 2.24) is 4.72 Å². The Kier molecular flexibility index (Phi) is 3.74. The van der Waals surface area contributed by atoms with Gasteiger partial charge in [0.15, 0.2) is 0 Å². The molecule has 7 heteroatoms. The van der Waals surface area contributed by atoms with E-state index in [9.17, 15) is 8.42 Å². The molecule has 0 amide bonds. The molecule has 16 heavy (non-hydrogen) atoms. The third-order valence-electron chi connectivity index (χ3n) is 2.46. The highest BCUT2D eigenvalue weighted by Gasteiger charge is 2.42. The summed E-state index contributed by atoms with van der Waals surface area (Å²) in [7, 11) is 0.437. The van der Waals surface area contributed by atoms with E-state index in [-0.39, 0.29) is 0 Å². The van der Waals surface area contributed by atoms with Crippen molar-refractivity contribution in [2.75, 3.05) is 21.3 Å². The van der Waals surface area contributed by atoms with Crippen molar-refractivity contribution in [2.45, 2.75) is 11.0 Å². The lowest BCUT2D eigenvalue weighted by Gasteiger charge is -2.30. The van der Waals surface area contributed by atoms with Crippen LogP contribution in [0.3, 0.4) is 0 Å². The summed E-state index contributed by atoms with van der Waals surface area (Å²) in [5, 5.41) is 0. The van der Waals surface area contributed by atoms with Crippen molar-refractivity contribution in [1.29, 1.82) is 0 Å². The quantitative estimate of drug-likeness (QED) is 0.642. The van der Waals surface area contributed by atoms with Crippen LogP contribution in [0, 0.1) is 0 Å². The van der Waals surface area contributed by atoms with Crippen LogP contribution < -0.4 is 10.5 Å². The molecule has 0 aliphatic heterocycles. The first-order valence-electron chi connectivity index (χ1n) is 4.61. The van der Waals surface area contributed by atoms with Crippen LogP contribution >= 0.6 is 0 Å². The van der Waals surface area contributed by atoms with Crippen molar-refractivity contribution >= 4 is 10.0 Å². The minimum atomic E-state index is -3.67. The average molecular weight is 248 g/mol. The minimum absolute atomic E-state index is 0.297. The zero-order valence-electron chi connectivity index (χ0n) is 9.43. The standard InChI is InChI=1S/C9H16N2O4S/c1-11-16(12,13)9(15-3)5-4-8(14-2)7(10)6-9/h4-6,8,11H,10H2,1-3H3. The van der Waals surface area contributed by atoms with Gasteiger partial charge in [0.05, 0.1) is 0 Å². The van der Waals surface area contributed by atoms with E-state index in [2.05, 4.69) is 4.72 Å². The van der Waals surface area contributed by atoms with Gasteiger partial charge in [0, 0.05) is 19.9 Å². The fourth-order valence-corrected chi connectivity index (χ4v) is 2.56. The Morgan fingerprint density at radius 2 is 2.12 bits per heavy atom. The van der Waals surface area contributed by atoms with Gasteiger partial charge >= 0.3 is 0 Å².